The molecule has 2 rings (SSSR count). The summed E-state index contributed by atoms with van der Waals surface area (Å²) in [5, 5.41) is 0.552. The summed E-state index contributed by atoms with van der Waals surface area (Å²) in [4.78, 5) is 1.06. The van der Waals surface area contributed by atoms with Gasteiger partial charge in [0, 0.05) is 21.4 Å². The SMILES string of the molecule is Cc1c(N)cccc1SCc1cc(Cl)ccc1F. The first-order valence-corrected chi connectivity index (χ1v) is 6.86. The van der Waals surface area contributed by atoms with Crippen LogP contribution in [0, 0.1) is 12.7 Å². The fraction of sp³-hybridized carbons (Fsp3) is 0.143. The predicted octanol–water partition coefficient (Wildman–Crippen LogP) is 4.66. The van der Waals surface area contributed by atoms with Gasteiger partial charge >= 0.3 is 0 Å². The van der Waals surface area contributed by atoms with Crippen molar-refractivity contribution in [3.05, 3.63) is 58.4 Å². The summed E-state index contributed by atoms with van der Waals surface area (Å²) in [6.45, 7) is 1.96. The molecule has 0 saturated heterocycles. The van der Waals surface area contributed by atoms with Gasteiger partial charge in [-0.1, -0.05) is 17.7 Å². The molecule has 1 nitrogen and oxygen atoms in total. The number of halogens is 2. The Bertz CT molecular complexity index is 570. The molecule has 0 radical (unpaired) electrons. The molecule has 0 fully saturated rings. The molecule has 0 spiro atoms. The molecule has 0 aliphatic rings. The Morgan fingerprint density at radius 3 is 2.83 bits per heavy atom. The van der Waals surface area contributed by atoms with Crippen molar-refractivity contribution in [2.45, 2.75) is 17.6 Å². The average Bonchev–Trinajstić information content (AvgIpc) is 2.35. The highest BCUT2D eigenvalue weighted by atomic mass is 35.5. The van der Waals surface area contributed by atoms with Crippen molar-refractivity contribution in [3.8, 4) is 0 Å². The molecule has 0 aliphatic heterocycles. The first-order chi connectivity index (χ1) is 8.58. The molecule has 18 heavy (non-hydrogen) atoms. The number of rotatable bonds is 3. The molecule has 0 aliphatic carbocycles. The number of benzene rings is 2. The third-order valence-corrected chi connectivity index (χ3v) is 4.16. The van der Waals surface area contributed by atoms with Crippen molar-refractivity contribution in [3.63, 3.8) is 0 Å². The minimum atomic E-state index is -0.228. The lowest BCUT2D eigenvalue weighted by molar-refractivity contribution is 0.617. The Balaban J connectivity index is 2.16. The van der Waals surface area contributed by atoms with Gasteiger partial charge < -0.3 is 5.73 Å². The highest BCUT2D eigenvalue weighted by Crippen LogP contribution is 2.30. The van der Waals surface area contributed by atoms with Gasteiger partial charge in [0.05, 0.1) is 0 Å². The van der Waals surface area contributed by atoms with Crippen LogP contribution in [-0.4, -0.2) is 0 Å². The second kappa shape index (κ2) is 5.63. The lowest BCUT2D eigenvalue weighted by atomic mass is 10.2. The average molecular weight is 282 g/mol. The molecule has 4 heteroatoms. The van der Waals surface area contributed by atoms with E-state index in [4.69, 9.17) is 17.3 Å². The van der Waals surface area contributed by atoms with Gasteiger partial charge in [0.2, 0.25) is 0 Å². The molecule has 2 aromatic rings. The van der Waals surface area contributed by atoms with Crippen LogP contribution < -0.4 is 5.73 Å². The fourth-order valence-corrected chi connectivity index (χ4v) is 2.83. The zero-order chi connectivity index (χ0) is 13.1. The number of anilines is 1. The summed E-state index contributed by atoms with van der Waals surface area (Å²) in [6.07, 6.45) is 0. The van der Waals surface area contributed by atoms with E-state index in [1.165, 1.54) is 6.07 Å². The Labute approximate surface area is 115 Å². The second-order valence-electron chi connectivity index (χ2n) is 3.99. The maximum Gasteiger partial charge on any atom is 0.127 e. The molecule has 0 amide bonds. The topological polar surface area (TPSA) is 26.0 Å². The van der Waals surface area contributed by atoms with Crippen molar-refractivity contribution in [1.82, 2.24) is 0 Å². The summed E-state index contributed by atoms with van der Waals surface area (Å²) in [5.74, 6) is 0.310. The Kier molecular flexibility index (Phi) is 4.15. The molecular formula is C14H13ClFNS. The van der Waals surface area contributed by atoms with Gasteiger partial charge in [-0.15, -0.1) is 11.8 Å². The fourth-order valence-electron chi connectivity index (χ4n) is 1.60. The molecule has 2 aromatic carbocycles. The minimum absolute atomic E-state index is 0.228. The van der Waals surface area contributed by atoms with E-state index in [1.807, 2.05) is 25.1 Å². The Hall–Kier alpha value is -1.19. The highest BCUT2D eigenvalue weighted by Gasteiger charge is 2.06. The molecule has 0 unspecified atom stereocenters. The summed E-state index contributed by atoms with van der Waals surface area (Å²) in [7, 11) is 0. The standard InChI is InChI=1S/C14H13ClFNS/c1-9-13(17)3-2-4-14(9)18-8-10-7-11(15)5-6-12(10)16/h2-7H,8,17H2,1H3. The number of thioether (sulfide) groups is 1. The first-order valence-electron chi connectivity index (χ1n) is 5.50. The van der Waals surface area contributed by atoms with E-state index in [-0.39, 0.29) is 5.82 Å². The number of hydrogen-bond donors (Lipinski definition) is 1. The van der Waals surface area contributed by atoms with Crippen LogP contribution in [-0.2, 0) is 5.75 Å². The van der Waals surface area contributed by atoms with Gasteiger partial charge in [-0.05, 0) is 48.4 Å². The number of nitrogen functional groups attached to an aromatic ring is 1. The van der Waals surface area contributed by atoms with Gasteiger partial charge in [0.25, 0.3) is 0 Å². The van der Waals surface area contributed by atoms with Crippen LogP contribution in [0.1, 0.15) is 11.1 Å². The van der Waals surface area contributed by atoms with E-state index < -0.39 is 0 Å². The lowest BCUT2D eigenvalue weighted by Gasteiger charge is -2.08. The van der Waals surface area contributed by atoms with Crippen LogP contribution in [0.4, 0.5) is 10.1 Å². The quantitative estimate of drug-likeness (QED) is 0.654. The maximum absolute atomic E-state index is 13.6. The molecule has 0 atom stereocenters. The van der Waals surface area contributed by atoms with Crippen LogP contribution >= 0.6 is 23.4 Å². The van der Waals surface area contributed by atoms with Gasteiger partial charge in [-0.2, -0.15) is 0 Å². The first kappa shape index (κ1) is 13.2. The van der Waals surface area contributed by atoms with Gasteiger partial charge in [0.1, 0.15) is 5.82 Å². The monoisotopic (exact) mass is 281 g/mol. The maximum atomic E-state index is 13.6. The highest BCUT2D eigenvalue weighted by molar-refractivity contribution is 7.98. The summed E-state index contributed by atoms with van der Waals surface area (Å²) >= 11 is 7.42. The van der Waals surface area contributed by atoms with E-state index in [0.717, 1.165) is 16.1 Å². The van der Waals surface area contributed by atoms with Crippen molar-refractivity contribution in [2.24, 2.45) is 0 Å². The molecule has 0 saturated carbocycles. The van der Waals surface area contributed by atoms with E-state index in [1.54, 1.807) is 23.9 Å². The summed E-state index contributed by atoms with van der Waals surface area (Å²) in [5.41, 5.74) is 8.23. The second-order valence-corrected chi connectivity index (χ2v) is 5.45. The van der Waals surface area contributed by atoms with Crippen molar-refractivity contribution >= 4 is 29.1 Å². The third kappa shape index (κ3) is 2.98. The normalized spacial score (nSPS) is 10.6. The van der Waals surface area contributed by atoms with E-state index in [0.29, 0.717) is 16.3 Å². The van der Waals surface area contributed by atoms with Crippen molar-refractivity contribution in [1.29, 1.82) is 0 Å². The van der Waals surface area contributed by atoms with E-state index in [2.05, 4.69) is 0 Å². The minimum Gasteiger partial charge on any atom is -0.398 e. The number of hydrogen-bond acceptors (Lipinski definition) is 2. The van der Waals surface area contributed by atoms with E-state index in [9.17, 15) is 4.39 Å². The predicted molar refractivity (Wildman–Crippen MR) is 76.6 cm³/mol. The molecule has 0 heterocycles. The zero-order valence-corrected chi connectivity index (χ0v) is 11.5. The van der Waals surface area contributed by atoms with Gasteiger partial charge in [0.15, 0.2) is 0 Å². The molecule has 0 aromatic heterocycles. The van der Waals surface area contributed by atoms with Crippen molar-refractivity contribution in [2.75, 3.05) is 5.73 Å². The van der Waals surface area contributed by atoms with Crippen LogP contribution in [0.15, 0.2) is 41.3 Å². The zero-order valence-electron chi connectivity index (χ0n) is 9.91. The van der Waals surface area contributed by atoms with Crippen LogP contribution in [0.2, 0.25) is 5.02 Å². The van der Waals surface area contributed by atoms with Crippen LogP contribution in [0.25, 0.3) is 0 Å². The smallest absolute Gasteiger partial charge is 0.127 e. The molecule has 94 valence electrons. The van der Waals surface area contributed by atoms with Crippen LogP contribution in [0.3, 0.4) is 0 Å². The molecule has 0 bridgehead atoms. The Morgan fingerprint density at radius 2 is 2.06 bits per heavy atom. The lowest BCUT2D eigenvalue weighted by Crippen LogP contribution is -1.92. The largest absolute Gasteiger partial charge is 0.398 e. The van der Waals surface area contributed by atoms with E-state index >= 15 is 0 Å². The number of nitrogens with two attached hydrogens (primary N) is 1. The van der Waals surface area contributed by atoms with Crippen molar-refractivity contribution < 1.29 is 4.39 Å². The van der Waals surface area contributed by atoms with Gasteiger partial charge in [-0.3, -0.25) is 0 Å². The summed E-state index contributed by atoms with van der Waals surface area (Å²) in [6, 6.07) is 10.4. The molecular weight excluding hydrogens is 269 g/mol. The third-order valence-electron chi connectivity index (χ3n) is 2.72. The Morgan fingerprint density at radius 1 is 1.28 bits per heavy atom. The summed E-state index contributed by atoms with van der Waals surface area (Å²) < 4.78 is 13.6. The van der Waals surface area contributed by atoms with Crippen LogP contribution in [0.5, 0.6) is 0 Å². The molecule has 2 N–H and O–H groups in total. The van der Waals surface area contributed by atoms with Gasteiger partial charge in [-0.25, -0.2) is 4.39 Å².